The molecule has 1 aliphatic rings. The fourth-order valence-corrected chi connectivity index (χ4v) is 3.02. The Morgan fingerprint density at radius 1 is 1.20 bits per heavy atom. The van der Waals surface area contributed by atoms with Gasteiger partial charge in [0.2, 0.25) is 0 Å². The van der Waals surface area contributed by atoms with Crippen LogP contribution in [0.5, 0.6) is 0 Å². The highest BCUT2D eigenvalue weighted by atomic mass is 32.2. The number of nitrogens with one attached hydrogen (secondary N) is 1. The average Bonchev–Trinajstić information content (AvgIpc) is 2.40. The van der Waals surface area contributed by atoms with Crippen LogP contribution in [-0.2, 0) is 9.84 Å². The SMILES string of the molecule is CS(=O)(=O)c1ccc(C(=O)N[C@@H]2CCCC[C@H]2O)cc1. The van der Waals surface area contributed by atoms with Crippen LogP contribution >= 0.6 is 0 Å². The fraction of sp³-hybridized carbons (Fsp3) is 0.500. The van der Waals surface area contributed by atoms with Gasteiger partial charge in [-0.2, -0.15) is 0 Å². The Balaban J connectivity index is 2.06. The molecule has 0 aliphatic heterocycles. The van der Waals surface area contributed by atoms with Crippen molar-refractivity contribution in [3.05, 3.63) is 29.8 Å². The topological polar surface area (TPSA) is 83.5 Å². The quantitative estimate of drug-likeness (QED) is 0.876. The van der Waals surface area contributed by atoms with Gasteiger partial charge in [0.1, 0.15) is 0 Å². The van der Waals surface area contributed by atoms with E-state index in [-0.39, 0.29) is 16.8 Å². The van der Waals surface area contributed by atoms with Gasteiger partial charge in [0.15, 0.2) is 9.84 Å². The summed E-state index contributed by atoms with van der Waals surface area (Å²) in [5.74, 6) is -0.281. The third-order valence-electron chi connectivity index (χ3n) is 3.59. The van der Waals surface area contributed by atoms with Crippen molar-refractivity contribution < 1.29 is 18.3 Å². The van der Waals surface area contributed by atoms with Gasteiger partial charge in [0, 0.05) is 11.8 Å². The Hall–Kier alpha value is -1.40. The molecular weight excluding hydrogens is 278 g/mol. The summed E-state index contributed by atoms with van der Waals surface area (Å²) in [6.45, 7) is 0. The first-order chi connectivity index (χ1) is 9.38. The lowest BCUT2D eigenvalue weighted by Gasteiger charge is -2.28. The van der Waals surface area contributed by atoms with Gasteiger partial charge in [-0.15, -0.1) is 0 Å². The fourth-order valence-electron chi connectivity index (χ4n) is 2.38. The molecule has 1 aromatic rings. The van der Waals surface area contributed by atoms with Gasteiger partial charge in [0.25, 0.3) is 5.91 Å². The maximum atomic E-state index is 12.0. The first kappa shape index (κ1) is 15.0. The van der Waals surface area contributed by atoms with Crippen molar-refractivity contribution in [2.75, 3.05) is 6.26 Å². The number of amides is 1. The van der Waals surface area contributed by atoms with Gasteiger partial charge < -0.3 is 10.4 Å². The maximum Gasteiger partial charge on any atom is 0.251 e. The van der Waals surface area contributed by atoms with Gasteiger partial charge >= 0.3 is 0 Å². The highest BCUT2D eigenvalue weighted by Gasteiger charge is 2.24. The van der Waals surface area contributed by atoms with E-state index in [1.165, 1.54) is 24.3 Å². The van der Waals surface area contributed by atoms with Gasteiger partial charge in [-0.3, -0.25) is 4.79 Å². The predicted molar refractivity (Wildman–Crippen MR) is 75.3 cm³/mol. The van der Waals surface area contributed by atoms with Crippen LogP contribution in [0.4, 0.5) is 0 Å². The molecule has 2 rings (SSSR count). The zero-order chi connectivity index (χ0) is 14.8. The van der Waals surface area contributed by atoms with Crippen molar-refractivity contribution >= 4 is 15.7 Å². The molecule has 0 radical (unpaired) electrons. The highest BCUT2D eigenvalue weighted by Crippen LogP contribution is 2.19. The van der Waals surface area contributed by atoms with E-state index >= 15 is 0 Å². The zero-order valence-electron chi connectivity index (χ0n) is 11.4. The van der Waals surface area contributed by atoms with Gasteiger partial charge in [-0.25, -0.2) is 8.42 Å². The monoisotopic (exact) mass is 297 g/mol. The van der Waals surface area contributed by atoms with Crippen LogP contribution in [0.3, 0.4) is 0 Å². The number of carbonyl (C=O) groups excluding carboxylic acids is 1. The second-order valence-corrected chi connectivity index (χ2v) is 7.24. The standard InChI is InChI=1S/C14H19NO4S/c1-20(18,19)11-8-6-10(7-9-11)14(17)15-12-4-2-3-5-13(12)16/h6-9,12-13,16H,2-5H2,1H3,(H,15,17)/t12-,13-/m1/s1. The number of aliphatic hydroxyl groups excluding tert-OH is 1. The molecule has 0 spiro atoms. The van der Waals surface area contributed by atoms with E-state index in [0.29, 0.717) is 12.0 Å². The Morgan fingerprint density at radius 2 is 1.80 bits per heavy atom. The minimum absolute atomic E-state index is 0.187. The van der Waals surface area contributed by atoms with Crippen molar-refractivity contribution in [3.8, 4) is 0 Å². The Bertz CT molecular complexity index is 580. The van der Waals surface area contributed by atoms with Crippen LogP contribution in [0.25, 0.3) is 0 Å². The molecule has 0 aromatic heterocycles. The lowest BCUT2D eigenvalue weighted by molar-refractivity contribution is 0.0717. The van der Waals surface area contributed by atoms with Crippen molar-refractivity contribution in [1.29, 1.82) is 0 Å². The molecule has 1 aliphatic carbocycles. The molecular formula is C14H19NO4S. The molecule has 0 bridgehead atoms. The summed E-state index contributed by atoms with van der Waals surface area (Å²) in [6, 6.07) is 5.59. The van der Waals surface area contributed by atoms with E-state index in [1.807, 2.05) is 0 Å². The lowest BCUT2D eigenvalue weighted by atomic mass is 9.92. The molecule has 20 heavy (non-hydrogen) atoms. The van der Waals surface area contributed by atoms with Crippen molar-refractivity contribution in [1.82, 2.24) is 5.32 Å². The molecule has 110 valence electrons. The minimum Gasteiger partial charge on any atom is -0.391 e. The smallest absolute Gasteiger partial charge is 0.251 e. The summed E-state index contributed by atoms with van der Waals surface area (Å²) in [5, 5.41) is 12.6. The average molecular weight is 297 g/mol. The second kappa shape index (κ2) is 5.93. The molecule has 1 amide bonds. The lowest BCUT2D eigenvalue weighted by Crippen LogP contribution is -2.45. The third kappa shape index (κ3) is 3.58. The summed E-state index contributed by atoms with van der Waals surface area (Å²) in [4.78, 5) is 12.2. The summed E-state index contributed by atoms with van der Waals surface area (Å²) in [6.07, 6.45) is 4.08. The zero-order valence-corrected chi connectivity index (χ0v) is 12.2. The normalized spacial score (nSPS) is 23.3. The molecule has 0 heterocycles. The molecule has 5 nitrogen and oxygen atoms in total. The van der Waals surface area contributed by atoms with E-state index < -0.39 is 15.9 Å². The summed E-state index contributed by atoms with van der Waals surface area (Å²) >= 11 is 0. The molecule has 2 N–H and O–H groups in total. The van der Waals surface area contributed by atoms with Crippen molar-refractivity contribution in [3.63, 3.8) is 0 Å². The minimum atomic E-state index is -3.25. The molecule has 0 unspecified atom stereocenters. The van der Waals surface area contributed by atoms with E-state index in [1.54, 1.807) is 0 Å². The van der Waals surface area contributed by atoms with E-state index in [2.05, 4.69) is 5.32 Å². The number of sulfone groups is 1. The van der Waals surface area contributed by atoms with Crippen LogP contribution in [0.1, 0.15) is 36.0 Å². The van der Waals surface area contributed by atoms with Crippen LogP contribution < -0.4 is 5.32 Å². The van der Waals surface area contributed by atoms with Crippen LogP contribution in [0.2, 0.25) is 0 Å². The van der Waals surface area contributed by atoms with Crippen molar-refractivity contribution in [2.24, 2.45) is 0 Å². The first-order valence-electron chi connectivity index (χ1n) is 6.67. The van der Waals surface area contributed by atoms with Gasteiger partial charge in [0.05, 0.1) is 17.0 Å². The van der Waals surface area contributed by atoms with E-state index in [0.717, 1.165) is 25.5 Å². The van der Waals surface area contributed by atoms with Gasteiger partial charge in [-0.1, -0.05) is 12.8 Å². The van der Waals surface area contributed by atoms with Crippen molar-refractivity contribution in [2.45, 2.75) is 42.7 Å². The second-order valence-electron chi connectivity index (χ2n) is 5.23. The number of carbonyl (C=O) groups is 1. The predicted octanol–water partition coefficient (Wildman–Crippen LogP) is 1.12. The molecule has 0 saturated heterocycles. The molecule has 1 saturated carbocycles. The highest BCUT2D eigenvalue weighted by molar-refractivity contribution is 7.90. The Labute approximate surface area is 118 Å². The summed E-state index contributed by atoms with van der Waals surface area (Å²) in [7, 11) is -3.25. The number of aliphatic hydroxyl groups is 1. The number of benzene rings is 1. The van der Waals surface area contributed by atoms with Crippen LogP contribution in [-0.4, -0.2) is 37.8 Å². The number of hydrogen-bond acceptors (Lipinski definition) is 4. The largest absolute Gasteiger partial charge is 0.391 e. The first-order valence-corrected chi connectivity index (χ1v) is 8.56. The Morgan fingerprint density at radius 3 is 2.35 bits per heavy atom. The number of rotatable bonds is 3. The molecule has 2 atom stereocenters. The molecule has 6 heteroatoms. The third-order valence-corrected chi connectivity index (χ3v) is 4.72. The van der Waals surface area contributed by atoms with E-state index in [9.17, 15) is 18.3 Å². The van der Waals surface area contributed by atoms with Crippen LogP contribution in [0.15, 0.2) is 29.2 Å². The van der Waals surface area contributed by atoms with Crippen LogP contribution in [0, 0.1) is 0 Å². The van der Waals surface area contributed by atoms with E-state index in [4.69, 9.17) is 0 Å². The molecule has 1 fully saturated rings. The summed E-state index contributed by atoms with van der Waals surface area (Å²) < 4.78 is 22.7. The summed E-state index contributed by atoms with van der Waals surface area (Å²) in [5.41, 5.74) is 0.398. The Kier molecular flexibility index (Phi) is 4.45. The van der Waals surface area contributed by atoms with Gasteiger partial charge in [-0.05, 0) is 37.1 Å². The molecule has 1 aromatic carbocycles. The maximum absolute atomic E-state index is 12.0. The number of hydrogen-bond donors (Lipinski definition) is 2.